The van der Waals surface area contributed by atoms with E-state index in [0.717, 1.165) is 0 Å². The molecule has 1 rings (SSSR count). The van der Waals surface area contributed by atoms with Crippen LogP contribution in [0.2, 0.25) is 0 Å². The van der Waals surface area contributed by atoms with Crippen LogP contribution in [-0.4, -0.2) is 24.7 Å². The molecule has 0 aromatic heterocycles. The first-order valence-electron chi connectivity index (χ1n) is 2.31. The first kappa shape index (κ1) is 8.29. The van der Waals surface area contributed by atoms with E-state index in [1.54, 1.807) is 6.26 Å². The minimum absolute atomic E-state index is 0.124. The molecule has 9 heavy (non-hydrogen) atoms. The van der Waals surface area contributed by atoms with Crippen molar-refractivity contribution < 1.29 is 9.59 Å². The lowest BCUT2D eigenvalue weighted by Crippen LogP contribution is -2.22. The van der Waals surface area contributed by atoms with Gasteiger partial charge in [0.15, 0.2) is 0 Å². The van der Waals surface area contributed by atoms with Crippen molar-refractivity contribution >= 4 is 24.6 Å². The average molecular weight is 148 g/mol. The number of imide groups is 1. The van der Waals surface area contributed by atoms with Crippen molar-refractivity contribution in [3.8, 4) is 0 Å². The Balaban J connectivity index is 0.000000291. The van der Waals surface area contributed by atoms with Crippen molar-refractivity contribution in [2.45, 2.75) is 0 Å². The molecule has 0 spiro atoms. The zero-order valence-corrected chi connectivity index (χ0v) is 5.87. The van der Waals surface area contributed by atoms with E-state index < -0.39 is 6.03 Å². The number of carbonyl (C=O) groups is 2. The number of amides is 3. The third-order valence-electron chi connectivity index (χ3n) is 0.662. The molecular weight excluding hydrogens is 140 g/mol. The molecule has 0 unspecified atom stereocenters. The molecule has 1 aliphatic heterocycles. The van der Waals surface area contributed by atoms with Crippen molar-refractivity contribution in [2.24, 2.45) is 0 Å². The molecule has 0 aromatic rings. The molecule has 5 heteroatoms. The van der Waals surface area contributed by atoms with Crippen LogP contribution in [0.15, 0.2) is 0 Å². The number of rotatable bonds is 0. The highest BCUT2D eigenvalue weighted by Crippen LogP contribution is 1.73. The van der Waals surface area contributed by atoms with E-state index in [1.807, 2.05) is 5.32 Å². The van der Waals surface area contributed by atoms with E-state index in [9.17, 15) is 9.59 Å². The predicted molar refractivity (Wildman–Crippen MR) is 36.5 cm³/mol. The minimum atomic E-state index is -0.398. The summed E-state index contributed by atoms with van der Waals surface area (Å²) in [5.74, 6) is -0.259. The van der Waals surface area contributed by atoms with Gasteiger partial charge in [-0.05, 0) is 6.26 Å². The number of hydrogen-bond acceptors (Lipinski definition) is 3. The average Bonchev–Trinajstić information content (AvgIpc) is 2.20. The fraction of sp³-hybridized carbons (Fsp3) is 0.500. The first-order chi connectivity index (χ1) is 4.29. The van der Waals surface area contributed by atoms with Crippen LogP contribution in [0.3, 0.4) is 0 Å². The van der Waals surface area contributed by atoms with Crippen molar-refractivity contribution in [2.75, 3.05) is 12.8 Å². The summed E-state index contributed by atoms with van der Waals surface area (Å²) >= 11 is 3.53. The second-order valence-corrected chi connectivity index (χ2v) is 1.23. The van der Waals surface area contributed by atoms with Gasteiger partial charge in [-0.3, -0.25) is 10.1 Å². The maximum absolute atomic E-state index is 10.1. The maximum atomic E-state index is 10.1. The third-order valence-corrected chi connectivity index (χ3v) is 0.662. The third kappa shape index (κ3) is 2.97. The van der Waals surface area contributed by atoms with Gasteiger partial charge in [-0.1, -0.05) is 0 Å². The van der Waals surface area contributed by atoms with Gasteiger partial charge in [0, 0.05) is 0 Å². The van der Waals surface area contributed by atoms with E-state index in [0.29, 0.717) is 0 Å². The molecule has 2 N–H and O–H groups in total. The van der Waals surface area contributed by atoms with Crippen LogP contribution in [-0.2, 0) is 4.79 Å². The fourth-order valence-corrected chi connectivity index (χ4v) is 0.376. The first-order valence-corrected chi connectivity index (χ1v) is 3.21. The Morgan fingerprint density at radius 2 is 2.00 bits per heavy atom. The molecule has 1 saturated heterocycles. The molecule has 0 aliphatic carbocycles. The molecule has 0 atom stereocenters. The van der Waals surface area contributed by atoms with Gasteiger partial charge in [0.1, 0.15) is 0 Å². The van der Waals surface area contributed by atoms with E-state index in [1.165, 1.54) is 0 Å². The maximum Gasteiger partial charge on any atom is 0.321 e. The van der Waals surface area contributed by atoms with Crippen LogP contribution in [0.1, 0.15) is 0 Å². The highest BCUT2D eigenvalue weighted by molar-refractivity contribution is 7.79. The second kappa shape index (κ2) is 4.20. The molecule has 1 fully saturated rings. The predicted octanol–water partition coefficient (Wildman–Crippen LogP) is -0.628. The molecule has 52 valence electrons. The van der Waals surface area contributed by atoms with Crippen LogP contribution in [0.25, 0.3) is 0 Å². The zero-order chi connectivity index (χ0) is 7.28. The Morgan fingerprint density at radius 3 is 2.11 bits per heavy atom. The highest BCUT2D eigenvalue weighted by Gasteiger charge is 2.14. The Bertz CT molecular complexity index is 112. The Kier molecular flexibility index (Phi) is 3.87. The molecule has 0 saturated carbocycles. The number of nitrogens with one attached hydrogen (secondary N) is 2. The quantitative estimate of drug-likeness (QED) is 0.316. The number of carbonyl (C=O) groups excluding carboxylic acids is 2. The molecule has 3 amide bonds. The largest absolute Gasteiger partial charge is 0.329 e. The van der Waals surface area contributed by atoms with E-state index in [4.69, 9.17) is 0 Å². The van der Waals surface area contributed by atoms with Crippen LogP contribution < -0.4 is 10.6 Å². The van der Waals surface area contributed by atoms with Gasteiger partial charge >= 0.3 is 6.03 Å². The monoisotopic (exact) mass is 148 g/mol. The van der Waals surface area contributed by atoms with E-state index in [2.05, 4.69) is 17.9 Å². The summed E-state index contributed by atoms with van der Waals surface area (Å²) in [6.07, 6.45) is 1.69. The van der Waals surface area contributed by atoms with Gasteiger partial charge in [0.2, 0.25) is 5.91 Å². The number of thiol groups is 1. The normalized spacial score (nSPS) is 15.3. The fourth-order valence-electron chi connectivity index (χ4n) is 0.376. The SMILES string of the molecule is CS.O=C1CNC(=O)N1. The molecule has 0 bridgehead atoms. The summed E-state index contributed by atoms with van der Waals surface area (Å²) in [4.78, 5) is 20.1. The molecule has 1 aliphatic rings. The molecular formula is C4H8N2O2S. The Morgan fingerprint density at radius 1 is 1.44 bits per heavy atom. The highest BCUT2D eigenvalue weighted by atomic mass is 32.1. The number of urea groups is 1. The van der Waals surface area contributed by atoms with Crippen LogP contribution in [0.5, 0.6) is 0 Å². The zero-order valence-electron chi connectivity index (χ0n) is 4.97. The topological polar surface area (TPSA) is 58.2 Å². The van der Waals surface area contributed by atoms with Crippen LogP contribution in [0.4, 0.5) is 4.79 Å². The van der Waals surface area contributed by atoms with Crippen molar-refractivity contribution in [3.05, 3.63) is 0 Å². The minimum Gasteiger partial charge on any atom is -0.329 e. The van der Waals surface area contributed by atoms with Crippen LogP contribution >= 0.6 is 12.6 Å². The summed E-state index contributed by atoms with van der Waals surface area (Å²) < 4.78 is 0. The van der Waals surface area contributed by atoms with E-state index >= 15 is 0 Å². The summed E-state index contributed by atoms with van der Waals surface area (Å²) in [5.41, 5.74) is 0. The Hall–Kier alpha value is -0.710. The standard InChI is InChI=1S/C3H4N2O2.CH4S/c6-2-1-4-3(7)5-2;1-2/h1H2,(H2,4,5,6,7);2H,1H3. The van der Waals surface area contributed by atoms with E-state index in [-0.39, 0.29) is 12.5 Å². The number of hydrogen-bond donors (Lipinski definition) is 3. The second-order valence-electron chi connectivity index (χ2n) is 1.23. The molecule has 1 heterocycles. The summed E-state index contributed by atoms with van der Waals surface area (Å²) in [5, 5.41) is 4.30. The summed E-state index contributed by atoms with van der Waals surface area (Å²) in [7, 11) is 0. The van der Waals surface area contributed by atoms with Crippen LogP contribution in [0, 0.1) is 0 Å². The van der Waals surface area contributed by atoms with Gasteiger partial charge in [-0.25, -0.2) is 4.79 Å². The molecule has 0 aromatic carbocycles. The van der Waals surface area contributed by atoms with Gasteiger partial charge in [0.05, 0.1) is 6.54 Å². The lowest BCUT2D eigenvalue weighted by Gasteiger charge is -1.78. The molecule has 4 nitrogen and oxygen atoms in total. The van der Waals surface area contributed by atoms with Gasteiger partial charge < -0.3 is 5.32 Å². The van der Waals surface area contributed by atoms with Gasteiger partial charge in [-0.2, -0.15) is 12.6 Å². The lowest BCUT2D eigenvalue weighted by atomic mass is 10.7. The van der Waals surface area contributed by atoms with Gasteiger partial charge in [0.25, 0.3) is 0 Å². The van der Waals surface area contributed by atoms with Gasteiger partial charge in [-0.15, -0.1) is 0 Å². The smallest absolute Gasteiger partial charge is 0.321 e. The lowest BCUT2D eigenvalue weighted by molar-refractivity contribution is -0.117. The van der Waals surface area contributed by atoms with Crippen molar-refractivity contribution in [3.63, 3.8) is 0 Å². The summed E-state index contributed by atoms with van der Waals surface area (Å²) in [6, 6.07) is -0.398. The molecule has 0 radical (unpaired) electrons. The van der Waals surface area contributed by atoms with Crippen molar-refractivity contribution in [1.29, 1.82) is 0 Å². The van der Waals surface area contributed by atoms with Crippen molar-refractivity contribution in [1.82, 2.24) is 10.6 Å². The summed E-state index contributed by atoms with van der Waals surface area (Å²) in [6.45, 7) is 0.124. The Labute approximate surface area is 58.4 Å².